The molecule has 3 N–H and O–H groups in total. The van der Waals surface area contributed by atoms with Crippen LogP contribution in [0.5, 0.6) is 0 Å². The monoisotopic (exact) mass is 300 g/mol. The molecular formula is C13H20N2O2S2. The van der Waals surface area contributed by atoms with E-state index in [-0.39, 0.29) is 4.90 Å². The molecule has 0 aromatic heterocycles. The van der Waals surface area contributed by atoms with Crippen LogP contribution in [0.2, 0.25) is 0 Å². The van der Waals surface area contributed by atoms with Crippen molar-refractivity contribution < 1.29 is 8.42 Å². The summed E-state index contributed by atoms with van der Waals surface area (Å²) in [7, 11) is -3.19. The Hall–Kier alpha value is -0.880. The topological polar surface area (TPSA) is 72.2 Å². The van der Waals surface area contributed by atoms with Crippen molar-refractivity contribution in [2.75, 3.05) is 23.6 Å². The number of hydrogen-bond donors (Lipinski definition) is 2. The van der Waals surface area contributed by atoms with Crippen LogP contribution in [0, 0.1) is 0 Å². The van der Waals surface area contributed by atoms with Crippen molar-refractivity contribution in [1.29, 1.82) is 0 Å². The number of benzene rings is 1. The molecule has 1 aliphatic rings. The Morgan fingerprint density at radius 1 is 1.37 bits per heavy atom. The molecule has 1 fully saturated rings. The molecule has 1 aromatic rings. The van der Waals surface area contributed by atoms with E-state index < -0.39 is 9.84 Å². The van der Waals surface area contributed by atoms with E-state index in [1.807, 2.05) is 11.8 Å². The first-order valence-electron chi connectivity index (χ1n) is 6.29. The Morgan fingerprint density at radius 3 is 2.63 bits per heavy atom. The lowest BCUT2D eigenvalue weighted by Gasteiger charge is -2.16. The Balaban J connectivity index is 2.10. The van der Waals surface area contributed by atoms with Gasteiger partial charge < -0.3 is 11.1 Å². The van der Waals surface area contributed by atoms with Gasteiger partial charge in [0.25, 0.3) is 0 Å². The molecule has 2 unspecified atom stereocenters. The summed E-state index contributed by atoms with van der Waals surface area (Å²) < 4.78 is 22.9. The summed E-state index contributed by atoms with van der Waals surface area (Å²) >= 11 is 1.91. The lowest BCUT2D eigenvalue weighted by Crippen LogP contribution is -2.17. The molecular weight excluding hydrogens is 280 g/mol. The normalized spacial score (nSPS) is 23.5. The molecule has 0 amide bonds. The number of nitrogens with one attached hydrogen (secondary N) is 1. The maximum atomic E-state index is 11.4. The molecule has 6 heteroatoms. The van der Waals surface area contributed by atoms with Crippen LogP contribution in [-0.2, 0) is 9.84 Å². The minimum Gasteiger partial charge on any atom is -0.397 e. The van der Waals surface area contributed by atoms with Crippen LogP contribution < -0.4 is 11.1 Å². The van der Waals surface area contributed by atoms with Crippen LogP contribution in [0.1, 0.15) is 19.3 Å². The second-order valence-electron chi connectivity index (χ2n) is 5.03. The number of nitrogens with two attached hydrogens (primary N) is 1. The zero-order valence-corrected chi connectivity index (χ0v) is 12.9. The Labute approximate surface area is 119 Å². The number of sulfone groups is 1. The lowest BCUT2D eigenvalue weighted by molar-refractivity contribution is 0.602. The quantitative estimate of drug-likeness (QED) is 0.835. The van der Waals surface area contributed by atoms with E-state index in [4.69, 9.17) is 5.73 Å². The van der Waals surface area contributed by atoms with Gasteiger partial charge in [-0.1, -0.05) is 0 Å². The van der Waals surface area contributed by atoms with E-state index in [1.165, 1.54) is 18.7 Å². The molecule has 1 aliphatic carbocycles. The van der Waals surface area contributed by atoms with Gasteiger partial charge >= 0.3 is 0 Å². The summed E-state index contributed by atoms with van der Waals surface area (Å²) in [6.45, 7) is 0. The van der Waals surface area contributed by atoms with Crippen LogP contribution >= 0.6 is 11.8 Å². The second-order valence-corrected chi connectivity index (χ2v) is 8.19. The lowest BCUT2D eigenvalue weighted by atomic mass is 10.2. The van der Waals surface area contributed by atoms with Gasteiger partial charge in [-0.25, -0.2) is 8.42 Å². The molecule has 0 saturated heterocycles. The number of rotatable bonds is 4. The molecule has 1 saturated carbocycles. The highest BCUT2D eigenvalue weighted by atomic mass is 32.2. The van der Waals surface area contributed by atoms with Crippen molar-refractivity contribution in [3.63, 3.8) is 0 Å². The predicted molar refractivity (Wildman–Crippen MR) is 82.5 cm³/mol. The van der Waals surface area contributed by atoms with E-state index in [0.717, 1.165) is 18.5 Å². The minimum absolute atomic E-state index is 0.268. The first kappa shape index (κ1) is 14.5. The van der Waals surface area contributed by atoms with Crippen LogP contribution in [-0.4, -0.2) is 32.2 Å². The minimum atomic E-state index is -3.19. The van der Waals surface area contributed by atoms with Gasteiger partial charge in [-0.2, -0.15) is 11.8 Å². The van der Waals surface area contributed by atoms with Gasteiger partial charge in [0, 0.05) is 17.5 Å². The molecule has 2 rings (SSSR count). The summed E-state index contributed by atoms with van der Waals surface area (Å²) in [6.07, 6.45) is 6.82. The van der Waals surface area contributed by atoms with Crippen LogP contribution in [0.15, 0.2) is 23.1 Å². The van der Waals surface area contributed by atoms with E-state index >= 15 is 0 Å². The molecule has 4 nitrogen and oxygen atoms in total. The second kappa shape index (κ2) is 5.63. The van der Waals surface area contributed by atoms with Crippen LogP contribution in [0.3, 0.4) is 0 Å². The van der Waals surface area contributed by atoms with Crippen molar-refractivity contribution in [3.8, 4) is 0 Å². The zero-order valence-electron chi connectivity index (χ0n) is 11.2. The first-order chi connectivity index (χ1) is 8.90. The highest BCUT2D eigenvalue weighted by Gasteiger charge is 2.24. The average molecular weight is 300 g/mol. The largest absolute Gasteiger partial charge is 0.397 e. The van der Waals surface area contributed by atoms with Crippen molar-refractivity contribution in [2.45, 2.75) is 35.4 Å². The van der Waals surface area contributed by atoms with Gasteiger partial charge in [0.15, 0.2) is 9.84 Å². The fraction of sp³-hybridized carbons (Fsp3) is 0.538. The van der Waals surface area contributed by atoms with E-state index in [0.29, 0.717) is 17.0 Å². The molecule has 0 aliphatic heterocycles. The van der Waals surface area contributed by atoms with Gasteiger partial charge in [-0.3, -0.25) is 0 Å². The van der Waals surface area contributed by atoms with Crippen LogP contribution in [0.25, 0.3) is 0 Å². The highest BCUT2D eigenvalue weighted by molar-refractivity contribution is 7.99. The van der Waals surface area contributed by atoms with Crippen molar-refractivity contribution in [2.24, 2.45) is 0 Å². The molecule has 0 heterocycles. The number of nitrogen functional groups attached to an aromatic ring is 1. The molecule has 0 bridgehead atoms. The molecule has 106 valence electrons. The Morgan fingerprint density at radius 2 is 2.11 bits per heavy atom. The maximum absolute atomic E-state index is 11.4. The fourth-order valence-corrected chi connectivity index (χ4v) is 3.86. The third-order valence-electron chi connectivity index (χ3n) is 3.53. The Kier molecular flexibility index (Phi) is 4.30. The predicted octanol–water partition coefficient (Wildman–Crippen LogP) is 2.37. The van der Waals surface area contributed by atoms with Gasteiger partial charge in [0.05, 0.1) is 16.3 Å². The zero-order chi connectivity index (χ0) is 14.0. The van der Waals surface area contributed by atoms with E-state index in [9.17, 15) is 8.42 Å². The fourth-order valence-electron chi connectivity index (χ4n) is 2.41. The third-order valence-corrected chi connectivity index (χ3v) is 5.73. The smallest absolute Gasteiger partial charge is 0.175 e. The molecule has 0 spiro atoms. The van der Waals surface area contributed by atoms with Gasteiger partial charge in [0.2, 0.25) is 0 Å². The first-order valence-corrected chi connectivity index (χ1v) is 9.47. The summed E-state index contributed by atoms with van der Waals surface area (Å²) in [6, 6.07) is 5.33. The number of anilines is 2. The van der Waals surface area contributed by atoms with Crippen molar-refractivity contribution in [3.05, 3.63) is 18.2 Å². The van der Waals surface area contributed by atoms with E-state index in [1.54, 1.807) is 12.1 Å². The molecule has 2 atom stereocenters. The average Bonchev–Trinajstić information content (AvgIpc) is 2.78. The summed E-state index contributed by atoms with van der Waals surface area (Å²) in [5, 5.41) is 4.14. The number of hydrogen-bond acceptors (Lipinski definition) is 5. The Bertz CT molecular complexity index is 558. The van der Waals surface area contributed by atoms with E-state index in [2.05, 4.69) is 11.6 Å². The number of thioether (sulfide) groups is 1. The van der Waals surface area contributed by atoms with Gasteiger partial charge in [-0.05, 0) is 43.7 Å². The summed E-state index contributed by atoms with van der Waals surface area (Å²) in [5.41, 5.74) is 7.26. The SMILES string of the molecule is CSC1CCC(Nc2ccc(S(C)(=O)=O)cc2N)C1. The standard InChI is InChI=1S/C13H20N2O2S2/c1-18-10-4-3-9(7-10)15-13-6-5-11(8-12(13)14)19(2,16)17/h5-6,8-10,15H,3-4,7,14H2,1-2H3. The third kappa shape index (κ3) is 3.57. The maximum Gasteiger partial charge on any atom is 0.175 e. The molecule has 1 aromatic carbocycles. The van der Waals surface area contributed by atoms with Gasteiger partial charge in [-0.15, -0.1) is 0 Å². The van der Waals surface area contributed by atoms with Crippen LogP contribution in [0.4, 0.5) is 11.4 Å². The van der Waals surface area contributed by atoms with Crippen molar-refractivity contribution >= 4 is 33.0 Å². The summed E-state index contributed by atoms with van der Waals surface area (Å²) in [4.78, 5) is 0.268. The summed E-state index contributed by atoms with van der Waals surface area (Å²) in [5.74, 6) is 0. The highest BCUT2D eigenvalue weighted by Crippen LogP contribution is 2.32. The van der Waals surface area contributed by atoms with Crippen molar-refractivity contribution in [1.82, 2.24) is 0 Å². The molecule has 0 radical (unpaired) electrons. The van der Waals surface area contributed by atoms with Gasteiger partial charge in [0.1, 0.15) is 0 Å². The molecule has 19 heavy (non-hydrogen) atoms.